The third-order valence-electron chi connectivity index (χ3n) is 6.92. The topological polar surface area (TPSA) is 52.7 Å². The molecule has 2 saturated heterocycles. The molecule has 2 heterocycles. The molecular weight excluding hydrogens is 398 g/mol. The highest BCUT2D eigenvalue weighted by atomic mass is 16.2. The molecule has 0 aliphatic carbocycles. The zero-order valence-corrected chi connectivity index (χ0v) is 19.1. The summed E-state index contributed by atoms with van der Waals surface area (Å²) in [4.78, 5) is 30.3. The summed E-state index contributed by atoms with van der Waals surface area (Å²) < 4.78 is 0. The SMILES string of the molecule is CC1CCCCN1Cc1ccccc1CNC(=O)C(c1ccccc1)N1CCCCC1=O. The van der Waals surface area contributed by atoms with E-state index in [-0.39, 0.29) is 11.8 Å². The van der Waals surface area contributed by atoms with Crippen molar-refractivity contribution in [3.8, 4) is 0 Å². The van der Waals surface area contributed by atoms with Crippen LogP contribution in [0.5, 0.6) is 0 Å². The average molecular weight is 434 g/mol. The van der Waals surface area contributed by atoms with Gasteiger partial charge in [-0.15, -0.1) is 0 Å². The van der Waals surface area contributed by atoms with Gasteiger partial charge in [-0.1, -0.05) is 61.0 Å². The monoisotopic (exact) mass is 433 g/mol. The molecule has 0 bridgehead atoms. The average Bonchev–Trinajstić information content (AvgIpc) is 2.82. The maximum Gasteiger partial charge on any atom is 0.247 e. The number of hydrogen-bond donors (Lipinski definition) is 1. The van der Waals surface area contributed by atoms with Crippen LogP contribution in [-0.2, 0) is 22.7 Å². The molecule has 2 amide bonds. The summed E-state index contributed by atoms with van der Waals surface area (Å²) in [5, 5.41) is 3.15. The second-order valence-corrected chi connectivity index (χ2v) is 9.16. The van der Waals surface area contributed by atoms with Crippen molar-refractivity contribution in [3.63, 3.8) is 0 Å². The van der Waals surface area contributed by atoms with Gasteiger partial charge in [0.15, 0.2) is 0 Å². The molecule has 5 nitrogen and oxygen atoms in total. The van der Waals surface area contributed by atoms with Crippen LogP contribution in [0.1, 0.15) is 68.2 Å². The summed E-state index contributed by atoms with van der Waals surface area (Å²) >= 11 is 0. The first-order valence-corrected chi connectivity index (χ1v) is 12.1. The molecule has 0 saturated carbocycles. The Balaban J connectivity index is 1.48. The van der Waals surface area contributed by atoms with E-state index in [1.807, 2.05) is 36.4 Å². The minimum atomic E-state index is -0.571. The largest absolute Gasteiger partial charge is 0.350 e. The predicted octanol–water partition coefficient (Wildman–Crippen LogP) is 4.43. The van der Waals surface area contributed by atoms with Crippen molar-refractivity contribution in [2.75, 3.05) is 13.1 Å². The minimum absolute atomic E-state index is 0.0692. The Morgan fingerprint density at radius 1 is 0.969 bits per heavy atom. The lowest BCUT2D eigenvalue weighted by Crippen LogP contribution is -2.45. The van der Waals surface area contributed by atoms with Gasteiger partial charge in [0.1, 0.15) is 6.04 Å². The summed E-state index contributed by atoms with van der Waals surface area (Å²) in [5.41, 5.74) is 3.29. The Morgan fingerprint density at radius 3 is 2.44 bits per heavy atom. The fourth-order valence-electron chi connectivity index (χ4n) is 4.98. The molecule has 0 radical (unpaired) electrons. The number of hydrogen-bond acceptors (Lipinski definition) is 3. The lowest BCUT2D eigenvalue weighted by molar-refractivity contribution is -0.142. The van der Waals surface area contributed by atoms with Gasteiger partial charge in [-0.2, -0.15) is 0 Å². The highest BCUT2D eigenvalue weighted by Crippen LogP contribution is 2.26. The molecule has 0 aromatic heterocycles. The van der Waals surface area contributed by atoms with Gasteiger partial charge in [-0.05, 0) is 55.8 Å². The van der Waals surface area contributed by atoms with E-state index in [1.165, 1.54) is 24.8 Å². The number of carbonyl (C=O) groups excluding carboxylic acids is 2. The van der Waals surface area contributed by atoms with Crippen LogP contribution < -0.4 is 5.32 Å². The molecule has 4 rings (SSSR count). The second kappa shape index (κ2) is 10.8. The zero-order chi connectivity index (χ0) is 22.3. The van der Waals surface area contributed by atoms with Crippen LogP contribution >= 0.6 is 0 Å². The third kappa shape index (κ3) is 5.39. The van der Waals surface area contributed by atoms with E-state index in [0.717, 1.165) is 37.1 Å². The molecule has 2 aromatic rings. The number of likely N-dealkylation sites (tertiary alicyclic amines) is 2. The van der Waals surface area contributed by atoms with Crippen LogP contribution in [0, 0.1) is 0 Å². The normalized spacial score (nSPS) is 20.7. The molecule has 0 spiro atoms. The quantitative estimate of drug-likeness (QED) is 0.703. The highest BCUT2D eigenvalue weighted by Gasteiger charge is 2.32. The van der Waals surface area contributed by atoms with E-state index in [0.29, 0.717) is 25.6 Å². The summed E-state index contributed by atoms with van der Waals surface area (Å²) in [7, 11) is 0. The van der Waals surface area contributed by atoms with Crippen molar-refractivity contribution in [3.05, 3.63) is 71.3 Å². The first-order chi connectivity index (χ1) is 15.6. The predicted molar refractivity (Wildman–Crippen MR) is 127 cm³/mol. The van der Waals surface area contributed by atoms with E-state index in [9.17, 15) is 9.59 Å². The van der Waals surface area contributed by atoms with Crippen LogP contribution in [0.15, 0.2) is 54.6 Å². The number of rotatable bonds is 7. The van der Waals surface area contributed by atoms with Crippen molar-refractivity contribution in [2.24, 2.45) is 0 Å². The third-order valence-corrected chi connectivity index (χ3v) is 6.92. The molecule has 2 atom stereocenters. The van der Waals surface area contributed by atoms with Gasteiger partial charge in [0.25, 0.3) is 0 Å². The van der Waals surface area contributed by atoms with Gasteiger partial charge in [0.05, 0.1) is 0 Å². The minimum Gasteiger partial charge on any atom is -0.350 e. The van der Waals surface area contributed by atoms with Gasteiger partial charge in [-0.25, -0.2) is 0 Å². The highest BCUT2D eigenvalue weighted by molar-refractivity contribution is 5.89. The molecule has 1 N–H and O–H groups in total. The molecule has 32 heavy (non-hydrogen) atoms. The molecule has 2 fully saturated rings. The molecule has 2 aliphatic heterocycles. The van der Waals surface area contributed by atoms with Crippen molar-refractivity contribution in [2.45, 2.75) is 70.6 Å². The molecule has 2 aromatic carbocycles. The van der Waals surface area contributed by atoms with Crippen LogP contribution in [-0.4, -0.2) is 40.7 Å². The first-order valence-electron chi connectivity index (χ1n) is 12.1. The summed E-state index contributed by atoms with van der Waals surface area (Å²) in [5.74, 6) is -0.0349. The Labute approximate surface area is 191 Å². The van der Waals surface area contributed by atoms with Crippen LogP contribution in [0.3, 0.4) is 0 Å². The Morgan fingerprint density at radius 2 is 1.69 bits per heavy atom. The Bertz CT molecular complexity index is 914. The lowest BCUT2D eigenvalue weighted by Gasteiger charge is -2.34. The van der Waals surface area contributed by atoms with E-state index >= 15 is 0 Å². The van der Waals surface area contributed by atoms with E-state index in [4.69, 9.17) is 0 Å². The fraction of sp³-hybridized carbons (Fsp3) is 0.481. The molecule has 2 aliphatic rings. The molecule has 2 unspecified atom stereocenters. The van der Waals surface area contributed by atoms with Crippen molar-refractivity contribution in [1.82, 2.24) is 15.1 Å². The van der Waals surface area contributed by atoms with Crippen molar-refractivity contribution in [1.29, 1.82) is 0 Å². The van der Waals surface area contributed by atoms with Gasteiger partial charge in [-0.3, -0.25) is 14.5 Å². The van der Waals surface area contributed by atoms with Gasteiger partial charge in [0, 0.05) is 32.1 Å². The summed E-state index contributed by atoms with van der Waals surface area (Å²) in [6.07, 6.45) is 6.19. The van der Waals surface area contributed by atoms with E-state index < -0.39 is 6.04 Å². The van der Waals surface area contributed by atoms with Crippen LogP contribution in [0.25, 0.3) is 0 Å². The molecular formula is C27H35N3O2. The lowest BCUT2D eigenvalue weighted by atomic mass is 9.99. The Hall–Kier alpha value is -2.66. The van der Waals surface area contributed by atoms with Gasteiger partial charge >= 0.3 is 0 Å². The number of nitrogens with zero attached hydrogens (tertiary/aromatic N) is 2. The smallest absolute Gasteiger partial charge is 0.247 e. The molecule has 5 heteroatoms. The van der Waals surface area contributed by atoms with Gasteiger partial charge in [0.2, 0.25) is 11.8 Å². The fourth-order valence-corrected chi connectivity index (χ4v) is 4.98. The van der Waals surface area contributed by atoms with Crippen molar-refractivity contribution < 1.29 is 9.59 Å². The van der Waals surface area contributed by atoms with Gasteiger partial charge < -0.3 is 10.2 Å². The molecule has 170 valence electrons. The summed E-state index contributed by atoms with van der Waals surface area (Å²) in [6.45, 7) is 5.47. The number of piperidine rings is 2. The van der Waals surface area contributed by atoms with E-state index in [1.54, 1.807) is 4.90 Å². The first kappa shape index (κ1) is 22.5. The zero-order valence-electron chi connectivity index (χ0n) is 19.1. The number of carbonyl (C=O) groups is 2. The number of nitrogens with one attached hydrogen (secondary N) is 1. The van der Waals surface area contributed by atoms with Crippen molar-refractivity contribution >= 4 is 11.8 Å². The van der Waals surface area contributed by atoms with E-state index in [2.05, 4.69) is 35.3 Å². The standard InChI is InChI=1S/C27H35N3O2/c1-21-11-7-9-17-29(21)20-24-15-6-5-14-23(24)19-28-27(32)26(22-12-3-2-4-13-22)30-18-10-8-16-25(30)31/h2-6,12-15,21,26H,7-11,16-20H2,1H3,(H,28,32). The van der Waals surface area contributed by atoms with Crippen LogP contribution in [0.4, 0.5) is 0 Å². The second-order valence-electron chi connectivity index (χ2n) is 9.16. The van der Waals surface area contributed by atoms with Crippen LogP contribution in [0.2, 0.25) is 0 Å². The number of benzene rings is 2. The Kier molecular flexibility index (Phi) is 7.59. The summed E-state index contributed by atoms with van der Waals surface area (Å²) in [6, 6.07) is 18.1. The maximum atomic E-state index is 13.4. The maximum absolute atomic E-state index is 13.4. The number of amides is 2.